The fourth-order valence-electron chi connectivity index (χ4n) is 5.61. The third kappa shape index (κ3) is 8.42. The highest BCUT2D eigenvalue weighted by Crippen LogP contribution is 2.28. The van der Waals surface area contributed by atoms with Gasteiger partial charge in [-0.1, -0.05) is 102 Å². The molecule has 1 N–H and O–H groups in total. The summed E-state index contributed by atoms with van der Waals surface area (Å²) in [5.41, 5.74) is 1.75. The summed E-state index contributed by atoms with van der Waals surface area (Å²) in [4.78, 5) is 30.1. The van der Waals surface area contributed by atoms with Crippen molar-refractivity contribution in [2.45, 2.75) is 55.6 Å². The van der Waals surface area contributed by atoms with Crippen LogP contribution in [-0.2, 0) is 32.6 Å². The Morgan fingerprint density at radius 3 is 2.04 bits per heavy atom. The van der Waals surface area contributed by atoms with Gasteiger partial charge in [0.05, 0.1) is 20.6 Å². The number of sulfonamides is 1. The van der Waals surface area contributed by atoms with Crippen LogP contribution in [0.25, 0.3) is 0 Å². The number of carbonyl (C=O) groups is 2. The lowest BCUT2D eigenvalue weighted by Gasteiger charge is -2.34. The van der Waals surface area contributed by atoms with E-state index in [4.69, 9.17) is 34.8 Å². The van der Waals surface area contributed by atoms with Crippen LogP contribution in [0.3, 0.4) is 0 Å². The molecule has 0 aromatic heterocycles. The van der Waals surface area contributed by atoms with Crippen molar-refractivity contribution < 1.29 is 18.0 Å². The van der Waals surface area contributed by atoms with Crippen molar-refractivity contribution in [1.82, 2.24) is 10.2 Å². The van der Waals surface area contributed by atoms with Crippen molar-refractivity contribution in [2.24, 2.45) is 0 Å². The largest absolute Gasteiger partial charge is 0.352 e. The molecular formula is C35H34Cl3N3O4S. The average Bonchev–Trinajstić information content (AvgIpc) is 3.57. The summed E-state index contributed by atoms with van der Waals surface area (Å²) >= 11 is 18.7. The first-order chi connectivity index (χ1) is 22.1. The first kappa shape index (κ1) is 33.8. The fourth-order valence-corrected chi connectivity index (χ4v) is 7.49. The van der Waals surface area contributed by atoms with E-state index in [1.807, 2.05) is 30.3 Å². The standard InChI is InChI=1S/C35H34Cl3N3O4S/c36-27-16-18-29(19-17-27)41(46(44,45)30-13-5-2-6-14-30)24-34(42)40(23-26-15-20-31(37)32(38)21-26)33(22-25-9-3-1-4-10-25)35(43)39-28-11-7-8-12-28/h1-6,9-10,13-21,28,33H,7-8,11-12,22-24H2,(H,39,43). The van der Waals surface area contributed by atoms with Gasteiger partial charge in [0.15, 0.2) is 0 Å². The molecule has 240 valence electrons. The summed E-state index contributed by atoms with van der Waals surface area (Å²) < 4.78 is 29.2. The van der Waals surface area contributed by atoms with Crippen molar-refractivity contribution in [1.29, 1.82) is 0 Å². The van der Waals surface area contributed by atoms with Crippen LogP contribution in [0.15, 0.2) is 108 Å². The molecule has 1 fully saturated rings. The van der Waals surface area contributed by atoms with Crippen LogP contribution in [0.2, 0.25) is 15.1 Å². The van der Waals surface area contributed by atoms with Gasteiger partial charge in [-0.15, -0.1) is 0 Å². The minimum absolute atomic E-state index is 0.00878. The van der Waals surface area contributed by atoms with Crippen LogP contribution < -0.4 is 9.62 Å². The minimum Gasteiger partial charge on any atom is -0.352 e. The third-order valence-electron chi connectivity index (χ3n) is 8.03. The molecule has 2 amide bonds. The van der Waals surface area contributed by atoms with E-state index in [-0.39, 0.29) is 35.5 Å². The Morgan fingerprint density at radius 1 is 0.783 bits per heavy atom. The Kier molecular flexibility index (Phi) is 11.3. The van der Waals surface area contributed by atoms with Gasteiger partial charge in [-0.2, -0.15) is 0 Å². The van der Waals surface area contributed by atoms with E-state index < -0.39 is 28.5 Å². The monoisotopic (exact) mass is 697 g/mol. The summed E-state index contributed by atoms with van der Waals surface area (Å²) in [6.45, 7) is -0.576. The smallest absolute Gasteiger partial charge is 0.264 e. The number of hydrogen-bond acceptors (Lipinski definition) is 4. The first-order valence-electron chi connectivity index (χ1n) is 15.0. The molecule has 0 spiro atoms. The number of rotatable bonds is 12. The topological polar surface area (TPSA) is 86.8 Å². The maximum Gasteiger partial charge on any atom is 0.264 e. The zero-order chi connectivity index (χ0) is 32.7. The Hall–Kier alpha value is -3.56. The average molecular weight is 699 g/mol. The summed E-state index contributed by atoms with van der Waals surface area (Å²) in [5.74, 6) is -0.865. The molecule has 0 radical (unpaired) electrons. The molecule has 0 bridgehead atoms. The predicted molar refractivity (Wildman–Crippen MR) is 184 cm³/mol. The summed E-state index contributed by atoms with van der Waals surface area (Å²) in [5, 5.41) is 4.23. The van der Waals surface area contributed by atoms with Gasteiger partial charge in [0.2, 0.25) is 11.8 Å². The van der Waals surface area contributed by atoms with E-state index in [1.54, 1.807) is 60.7 Å². The zero-order valence-corrected chi connectivity index (χ0v) is 28.1. The molecule has 5 rings (SSSR count). The summed E-state index contributed by atoms with van der Waals surface area (Å²) in [7, 11) is -4.20. The van der Waals surface area contributed by atoms with Crippen molar-refractivity contribution in [3.05, 3.63) is 129 Å². The van der Waals surface area contributed by atoms with Gasteiger partial charge in [-0.05, 0) is 72.5 Å². The van der Waals surface area contributed by atoms with E-state index in [0.717, 1.165) is 35.6 Å². The van der Waals surface area contributed by atoms with E-state index in [0.29, 0.717) is 20.6 Å². The van der Waals surface area contributed by atoms with E-state index in [9.17, 15) is 18.0 Å². The molecule has 11 heteroatoms. The number of carbonyl (C=O) groups excluding carboxylic acids is 2. The maximum atomic E-state index is 14.6. The van der Waals surface area contributed by atoms with E-state index >= 15 is 0 Å². The van der Waals surface area contributed by atoms with Crippen molar-refractivity contribution in [2.75, 3.05) is 10.8 Å². The van der Waals surface area contributed by atoms with Gasteiger partial charge in [0.1, 0.15) is 12.6 Å². The van der Waals surface area contributed by atoms with Crippen LogP contribution in [0, 0.1) is 0 Å². The molecule has 1 atom stereocenters. The highest BCUT2D eigenvalue weighted by molar-refractivity contribution is 7.92. The van der Waals surface area contributed by atoms with Crippen molar-refractivity contribution >= 4 is 62.3 Å². The fraction of sp³-hybridized carbons (Fsp3) is 0.257. The number of anilines is 1. The van der Waals surface area contributed by atoms with Crippen LogP contribution in [0.5, 0.6) is 0 Å². The van der Waals surface area contributed by atoms with Gasteiger partial charge in [0.25, 0.3) is 10.0 Å². The van der Waals surface area contributed by atoms with Gasteiger partial charge < -0.3 is 10.2 Å². The Morgan fingerprint density at radius 2 is 1.41 bits per heavy atom. The first-order valence-corrected chi connectivity index (χ1v) is 17.6. The molecular weight excluding hydrogens is 665 g/mol. The van der Waals surface area contributed by atoms with Crippen molar-refractivity contribution in [3.8, 4) is 0 Å². The number of nitrogens with zero attached hydrogens (tertiary/aromatic N) is 2. The Balaban J connectivity index is 1.57. The second-order valence-corrected chi connectivity index (χ2v) is 14.4. The van der Waals surface area contributed by atoms with Gasteiger partial charge in [-0.25, -0.2) is 8.42 Å². The normalized spacial score (nSPS) is 14.1. The van der Waals surface area contributed by atoms with Crippen LogP contribution in [0.1, 0.15) is 36.8 Å². The summed E-state index contributed by atoms with van der Waals surface area (Å²) in [6, 6.07) is 27.7. The number of amides is 2. The Bertz CT molecular complexity index is 1750. The highest BCUT2D eigenvalue weighted by Gasteiger charge is 2.35. The van der Waals surface area contributed by atoms with E-state index in [2.05, 4.69) is 5.32 Å². The molecule has 0 heterocycles. The van der Waals surface area contributed by atoms with Gasteiger partial charge in [0, 0.05) is 24.0 Å². The van der Waals surface area contributed by atoms with Crippen LogP contribution >= 0.6 is 34.8 Å². The minimum atomic E-state index is -4.20. The molecule has 1 unspecified atom stereocenters. The molecule has 1 saturated carbocycles. The van der Waals surface area contributed by atoms with Crippen molar-refractivity contribution in [3.63, 3.8) is 0 Å². The molecule has 0 aliphatic heterocycles. The molecule has 1 aliphatic carbocycles. The second kappa shape index (κ2) is 15.4. The number of hydrogen-bond donors (Lipinski definition) is 1. The third-order valence-corrected chi connectivity index (χ3v) is 10.8. The lowest BCUT2D eigenvalue weighted by Crippen LogP contribution is -2.54. The molecule has 7 nitrogen and oxygen atoms in total. The van der Waals surface area contributed by atoms with Gasteiger partial charge >= 0.3 is 0 Å². The molecule has 4 aromatic carbocycles. The highest BCUT2D eigenvalue weighted by atomic mass is 35.5. The number of benzene rings is 4. The quantitative estimate of drug-likeness (QED) is 0.166. The predicted octanol–water partition coefficient (Wildman–Crippen LogP) is 7.54. The SMILES string of the molecule is O=C(NC1CCCC1)C(Cc1ccccc1)N(Cc1ccc(Cl)c(Cl)c1)C(=O)CN(c1ccc(Cl)cc1)S(=O)(=O)c1ccccc1. The lowest BCUT2D eigenvalue weighted by molar-refractivity contribution is -0.140. The van der Waals surface area contributed by atoms with Crippen LogP contribution in [-0.4, -0.2) is 43.8 Å². The number of halogens is 3. The Labute approximate surface area is 285 Å². The molecule has 1 aliphatic rings. The summed E-state index contributed by atoms with van der Waals surface area (Å²) in [6.07, 6.45) is 3.99. The van der Waals surface area contributed by atoms with Gasteiger partial charge in [-0.3, -0.25) is 13.9 Å². The van der Waals surface area contributed by atoms with E-state index in [1.165, 1.54) is 17.0 Å². The number of nitrogens with one attached hydrogen (secondary N) is 1. The molecule has 46 heavy (non-hydrogen) atoms. The zero-order valence-electron chi connectivity index (χ0n) is 25.0. The second-order valence-electron chi connectivity index (χ2n) is 11.3. The molecule has 0 saturated heterocycles. The van der Waals surface area contributed by atoms with Crippen LogP contribution in [0.4, 0.5) is 5.69 Å². The lowest BCUT2D eigenvalue weighted by atomic mass is 10.0. The maximum absolute atomic E-state index is 14.6. The molecule has 4 aromatic rings.